The third-order valence-corrected chi connectivity index (χ3v) is 3.23. The lowest BCUT2D eigenvalue weighted by atomic mass is 9.85. The molecule has 15 heavy (non-hydrogen) atoms. The Morgan fingerprint density at radius 3 is 2.80 bits per heavy atom. The molecule has 0 bridgehead atoms. The first-order chi connectivity index (χ1) is 7.15. The van der Waals surface area contributed by atoms with Gasteiger partial charge in [0.25, 0.3) is 0 Å². The van der Waals surface area contributed by atoms with Gasteiger partial charge in [-0.3, -0.25) is 0 Å². The number of aldehydes is 1. The van der Waals surface area contributed by atoms with Gasteiger partial charge in [0.15, 0.2) is 0 Å². The summed E-state index contributed by atoms with van der Waals surface area (Å²) in [6, 6.07) is 0. The molecule has 0 spiro atoms. The van der Waals surface area contributed by atoms with Crippen LogP contribution in [0.1, 0.15) is 33.1 Å². The summed E-state index contributed by atoms with van der Waals surface area (Å²) in [6.45, 7) is 3.92. The van der Waals surface area contributed by atoms with Gasteiger partial charge in [0.1, 0.15) is 6.29 Å². The average Bonchev–Trinajstić information content (AvgIpc) is 2.61. The van der Waals surface area contributed by atoms with E-state index in [0.717, 1.165) is 36.7 Å². The van der Waals surface area contributed by atoms with Gasteiger partial charge in [0, 0.05) is 17.4 Å². The summed E-state index contributed by atoms with van der Waals surface area (Å²) in [4.78, 5) is 22.5. The Hall–Kier alpha value is -1.12. The van der Waals surface area contributed by atoms with Crippen molar-refractivity contribution in [1.29, 1.82) is 0 Å². The highest BCUT2D eigenvalue weighted by atomic mass is 16.5. The van der Waals surface area contributed by atoms with Crippen molar-refractivity contribution in [2.75, 3.05) is 7.11 Å². The van der Waals surface area contributed by atoms with Crippen LogP contribution in [0, 0.1) is 11.8 Å². The number of hydrogen-bond donors (Lipinski definition) is 0. The van der Waals surface area contributed by atoms with E-state index in [0.29, 0.717) is 0 Å². The zero-order valence-corrected chi connectivity index (χ0v) is 9.58. The van der Waals surface area contributed by atoms with Crippen molar-refractivity contribution in [3.8, 4) is 0 Å². The molecule has 0 unspecified atom stereocenters. The third kappa shape index (κ3) is 2.28. The molecule has 0 amide bonds. The van der Waals surface area contributed by atoms with E-state index in [4.69, 9.17) is 4.74 Å². The van der Waals surface area contributed by atoms with Gasteiger partial charge in [0.2, 0.25) is 0 Å². The van der Waals surface area contributed by atoms with Crippen molar-refractivity contribution < 1.29 is 14.3 Å². The van der Waals surface area contributed by atoms with Crippen LogP contribution in [-0.2, 0) is 14.3 Å². The van der Waals surface area contributed by atoms with Gasteiger partial charge in [-0.2, -0.15) is 0 Å². The number of carbonyl (C=O) groups is 2. The van der Waals surface area contributed by atoms with E-state index in [9.17, 15) is 9.59 Å². The van der Waals surface area contributed by atoms with Crippen LogP contribution in [0.5, 0.6) is 0 Å². The van der Waals surface area contributed by atoms with Crippen LogP contribution in [0.3, 0.4) is 0 Å². The number of ether oxygens (including phenoxy) is 1. The molecule has 0 aromatic heterocycles. The standard InChI is InChI=1S/C12H18O3/c1-4-9(7-13)10-6-5-8(2)11(10)12(14)15-3/h7,9-10H,4-6H2,1-3H3/t9-,10-/m1/s1. The maximum Gasteiger partial charge on any atom is 0.333 e. The quantitative estimate of drug-likeness (QED) is 0.527. The van der Waals surface area contributed by atoms with Gasteiger partial charge in [0.05, 0.1) is 7.11 Å². The summed E-state index contributed by atoms with van der Waals surface area (Å²) >= 11 is 0. The fraction of sp³-hybridized carbons (Fsp3) is 0.667. The van der Waals surface area contributed by atoms with Crippen LogP contribution >= 0.6 is 0 Å². The lowest BCUT2D eigenvalue weighted by Crippen LogP contribution is -2.20. The highest BCUT2D eigenvalue weighted by Gasteiger charge is 2.33. The molecule has 2 atom stereocenters. The lowest BCUT2D eigenvalue weighted by molar-refractivity contribution is -0.136. The molecule has 1 aliphatic carbocycles. The summed E-state index contributed by atoms with van der Waals surface area (Å²) in [6.07, 6.45) is 3.54. The first-order valence-corrected chi connectivity index (χ1v) is 5.38. The number of esters is 1. The fourth-order valence-electron chi connectivity index (χ4n) is 2.31. The predicted octanol–water partition coefficient (Wildman–Crippen LogP) is 2.11. The minimum atomic E-state index is -0.268. The summed E-state index contributed by atoms with van der Waals surface area (Å²) in [5.41, 5.74) is 1.81. The van der Waals surface area contributed by atoms with Gasteiger partial charge >= 0.3 is 5.97 Å². The highest BCUT2D eigenvalue weighted by molar-refractivity contribution is 5.91. The van der Waals surface area contributed by atoms with Crippen molar-refractivity contribution in [3.63, 3.8) is 0 Å². The van der Waals surface area contributed by atoms with E-state index in [2.05, 4.69) is 0 Å². The van der Waals surface area contributed by atoms with Crippen LogP contribution in [0.25, 0.3) is 0 Å². The molecule has 0 fully saturated rings. The monoisotopic (exact) mass is 210 g/mol. The van der Waals surface area contributed by atoms with E-state index in [1.54, 1.807) is 0 Å². The van der Waals surface area contributed by atoms with E-state index >= 15 is 0 Å². The number of rotatable bonds is 4. The van der Waals surface area contributed by atoms with Crippen LogP contribution in [0.2, 0.25) is 0 Å². The Labute approximate surface area is 90.5 Å². The second-order valence-corrected chi connectivity index (χ2v) is 4.04. The fourth-order valence-corrected chi connectivity index (χ4v) is 2.31. The zero-order valence-electron chi connectivity index (χ0n) is 9.58. The number of methoxy groups -OCH3 is 1. The maximum absolute atomic E-state index is 11.6. The van der Waals surface area contributed by atoms with Crippen molar-refractivity contribution in [3.05, 3.63) is 11.1 Å². The molecule has 0 saturated heterocycles. The van der Waals surface area contributed by atoms with Gasteiger partial charge in [-0.1, -0.05) is 12.5 Å². The lowest BCUT2D eigenvalue weighted by Gasteiger charge is -2.18. The SMILES string of the molecule is CC[C@H](C=O)[C@H]1CCC(C)=C1C(=O)OC. The largest absolute Gasteiger partial charge is 0.466 e. The minimum Gasteiger partial charge on any atom is -0.466 e. The number of hydrogen-bond acceptors (Lipinski definition) is 3. The van der Waals surface area contributed by atoms with E-state index in [-0.39, 0.29) is 17.8 Å². The molecule has 0 radical (unpaired) electrons. The van der Waals surface area contributed by atoms with Gasteiger partial charge in [-0.25, -0.2) is 4.79 Å². The van der Waals surface area contributed by atoms with E-state index in [1.165, 1.54) is 7.11 Å². The number of carbonyl (C=O) groups excluding carboxylic acids is 2. The van der Waals surface area contributed by atoms with Gasteiger partial charge < -0.3 is 9.53 Å². The van der Waals surface area contributed by atoms with Gasteiger partial charge in [-0.05, 0) is 26.2 Å². The Morgan fingerprint density at radius 2 is 2.33 bits per heavy atom. The number of allylic oxidation sites excluding steroid dienone is 1. The Morgan fingerprint density at radius 1 is 1.67 bits per heavy atom. The summed E-state index contributed by atoms with van der Waals surface area (Å²) in [5.74, 6) is -0.244. The molecule has 1 rings (SSSR count). The van der Waals surface area contributed by atoms with Crippen molar-refractivity contribution in [2.24, 2.45) is 11.8 Å². The smallest absolute Gasteiger partial charge is 0.333 e. The summed E-state index contributed by atoms with van der Waals surface area (Å²) in [7, 11) is 1.39. The Bertz CT molecular complexity index is 291. The van der Waals surface area contributed by atoms with Crippen LogP contribution < -0.4 is 0 Å². The van der Waals surface area contributed by atoms with Crippen molar-refractivity contribution in [1.82, 2.24) is 0 Å². The van der Waals surface area contributed by atoms with Gasteiger partial charge in [-0.15, -0.1) is 0 Å². The molecule has 0 N–H and O–H groups in total. The minimum absolute atomic E-state index is 0.0449. The van der Waals surface area contributed by atoms with Crippen molar-refractivity contribution >= 4 is 12.3 Å². The predicted molar refractivity (Wildman–Crippen MR) is 57.3 cm³/mol. The van der Waals surface area contributed by atoms with E-state index in [1.807, 2.05) is 13.8 Å². The maximum atomic E-state index is 11.6. The second kappa shape index (κ2) is 5.10. The molecule has 84 valence electrons. The van der Waals surface area contributed by atoms with E-state index < -0.39 is 0 Å². The summed E-state index contributed by atoms with van der Waals surface area (Å²) in [5, 5.41) is 0. The third-order valence-electron chi connectivity index (χ3n) is 3.23. The molecule has 3 nitrogen and oxygen atoms in total. The molecule has 0 aromatic carbocycles. The Balaban J connectivity index is 2.92. The molecule has 0 aliphatic heterocycles. The Kier molecular flexibility index (Phi) is 4.06. The molecule has 0 saturated carbocycles. The van der Waals surface area contributed by atoms with Crippen LogP contribution in [-0.4, -0.2) is 19.4 Å². The molecule has 0 aromatic rings. The second-order valence-electron chi connectivity index (χ2n) is 4.04. The molecule has 0 heterocycles. The highest BCUT2D eigenvalue weighted by Crippen LogP contribution is 2.37. The summed E-state index contributed by atoms with van der Waals surface area (Å²) < 4.78 is 4.76. The molecule has 1 aliphatic rings. The normalized spacial score (nSPS) is 22.7. The topological polar surface area (TPSA) is 43.4 Å². The van der Waals surface area contributed by atoms with Crippen molar-refractivity contribution in [2.45, 2.75) is 33.1 Å². The van der Waals surface area contributed by atoms with Crippen LogP contribution in [0.4, 0.5) is 0 Å². The molecular weight excluding hydrogens is 192 g/mol. The van der Waals surface area contributed by atoms with Crippen LogP contribution in [0.15, 0.2) is 11.1 Å². The first-order valence-electron chi connectivity index (χ1n) is 5.38. The molecule has 3 heteroatoms. The first kappa shape index (κ1) is 12.0. The zero-order chi connectivity index (χ0) is 11.4. The molecular formula is C12H18O3. The average molecular weight is 210 g/mol.